The minimum absolute atomic E-state index is 0.0400. The average Bonchev–Trinajstić information content (AvgIpc) is 3.08. The zero-order valence-corrected chi connectivity index (χ0v) is 12.4. The fraction of sp³-hybridized carbons (Fsp3) is 0.400. The van der Waals surface area contributed by atoms with Crippen molar-refractivity contribution in [3.63, 3.8) is 0 Å². The molecule has 7 heteroatoms. The Kier molecular flexibility index (Phi) is 4.15. The van der Waals surface area contributed by atoms with E-state index in [4.69, 9.17) is 0 Å². The fourth-order valence-electron chi connectivity index (χ4n) is 2.77. The number of rotatable bonds is 3. The lowest BCUT2D eigenvalue weighted by Crippen LogP contribution is -2.50. The van der Waals surface area contributed by atoms with E-state index in [0.717, 1.165) is 25.1 Å². The number of nitrogens with one attached hydrogen (secondary N) is 1. The van der Waals surface area contributed by atoms with Crippen molar-refractivity contribution >= 4 is 5.91 Å². The first-order valence-corrected chi connectivity index (χ1v) is 7.33. The SMILES string of the molecule is CCN1CCN(C(=O)c2ccc(F)cn2)C[C@H]1c1ncc[nH]1. The molecule has 2 aromatic heterocycles. The van der Waals surface area contributed by atoms with Crippen molar-refractivity contribution in [3.8, 4) is 0 Å². The highest BCUT2D eigenvalue weighted by Crippen LogP contribution is 2.23. The molecule has 3 rings (SSSR count). The smallest absolute Gasteiger partial charge is 0.272 e. The Morgan fingerprint density at radius 3 is 2.91 bits per heavy atom. The molecule has 0 aliphatic carbocycles. The number of carbonyl (C=O) groups excluding carboxylic acids is 1. The number of hydrogen-bond acceptors (Lipinski definition) is 4. The van der Waals surface area contributed by atoms with Gasteiger partial charge in [-0.25, -0.2) is 14.4 Å². The van der Waals surface area contributed by atoms with Gasteiger partial charge in [0.2, 0.25) is 0 Å². The Labute approximate surface area is 128 Å². The third-order valence-electron chi connectivity index (χ3n) is 3.97. The quantitative estimate of drug-likeness (QED) is 0.932. The van der Waals surface area contributed by atoms with E-state index in [2.05, 4.69) is 26.8 Å². The predicted molar refractivity (Wildman–Crippen MR) is 78.7 cm³/mol. The summed E-state index contributed by atoms with van der Waals surface area (Å²) < 4.78 is 12.9. The van der Waals surface area contributed by atoms with Gasteiger partial charge in [0.1, 0.15) is 17.3 Å². The minimum atomic E-state index is -0.444. The molecule has 116 valence electrons. The van der Waals surface area contributed by atoms with Crippen LogP contribution in [0.15, 0.2) is 30.7 Å². The summed E-state index contributed by atoms with van der Waals surface area (Å²) in [4.78, 5) is 27.9. The molecule has 0 saturated carbocycles. The molecular formula is C15H18FN5O. The molecule has 0 aromatic carbocycles. The molecule has 0 unspecified atom stereocenters. The molecule has 3 heterocycles. The number of aromatic amines is 1. The van der Waals surface area contributed by atoms with E-state index in [1.165, 1.54) is 12.1 Å². The number of imidazole rings is 1. The summed E-state index contributed by atoms with van der Waals surface area (Å²) in [5, 5.41) is 0. The molecule has 1 aliphatic heterocycles. The molecule has 1 amide bonds. The molecule has 6 nitrogen and oxygen atoms in total. The van der Waals surface area contributed by atoms with Crippen LogP contribution in [0, 0.1) is 5.82 Å². The van der Waals surface area contributed by atoms with Crippen molar-refractivity contribution in [2.75, 3.05) is 26.2 Å². The highest BCUT2D eigenvalue weighted by molar-refractivity contribution is 5.92. The highest BCUT2D eigenvalue weighted by Gasteiger charge is 2.31. The van der Waals surface area contributed by atoms with Gasteiger partial charge in [0.05, 0.1) is 12.2 Å². The summed E-state index contributed by atoms with van der Waals surface area (Å²) in [7, 11) is 0. The number of carbonyl (C=O) groups is 1. The lowest BCUT2D eigenvalue weighted by molar-refractivity contribution is 0.0474. The summed E-state index contributed by atoms with van der Waals surface area (Å²) in [6.45, 7) is 4.92. The van der Waals surface area contributed by atoms with Crippen LogP contribution in [0.4, 0.5) is 4.39 Å². The number of piperazine rings is 1. The standard InChI is InChI=1S/C15H18FN5O/c1-2-20-7-8-21(10-13(20)14-17-5-6-18-14)15(22)12-4-3-11(16)9-19-12/h3-6,9,13H,2,7-8,10H2,1H3,(H,17,18)/t13-/m0/s1. The first-order valence-electron chi connectivity index (χ1n) is 7.33. The van der Waals surface area contributed by atoms with Crippen molar-refractivity contribution in [2.24, 2.45) is 0 Å². The summed E-state index contributed by atoms with van der Waals surface area (Å²) in [6.07, 6.45) is 4.57. The van der Waals surface area contributed by atoms with Crippen molar-refractivity contribution in [2.45, 2.75) is 13.0 Å². The normalized spacial score (nSPS) is 19.4. The highest BCUT2D eigenvalue weighted by atomic mass is 19.1. The van der Waals surface area contributed by atoms with Crippen LogP contribution in [0.3, 0.4) is 0 Å². The Morgan fingerprint density at radius 1 is 1.41 bits per heavy atom. The van der Waals surface area contributed by atoms with Gasteiger partial charge in [0.25, 0.3) is 5.91 Å². The van der Waals surface area contributed by atoms with E-state index in [-0.39, 0.29) is 17.6 Å². The number of pyridine rings is 1. The molecule has 1 saturated heterocycles. The molecule has 1 fully saturated rings. The van der Waals surface area contributed by atoms with Crippen LogP contribution in [0.1, 0.15) is 29.3 Å². The van der Waals surface area contributed by atoms with Gasteiger partial charge >= 0.3 is 0 Å². The summed E-state index contributed by atoms with van der Waals surface area (Å²) in [5.74, 6) is 0.236. The third-order valence-corrected chi connectivity index (χ3v) is 3.97. The van der Waals surface area contributed by atoms with Crippen LogP contribution in [-0.2, 0) is 0 Å². The second-order valence-electron chi connectivity index (χ2n) is 5.23. The van der Waals surface area contributed by atoms with Gasteiger partial charge in [-0.3, -0.25) is 9.69 Å². The van der Waals surface area contributed by atoms with E-state index in [1.54, 1.807) is 17.3 Å². The molecule has 2 aromatic rings. The minimum Gasteiger partial charge on any atom is -0.347 e. The number of amides is 1. The fourth-order valence-corrected chi connectivity index (χ4v) is 2.77. The van der Waals surface area contributed by atoms with E-state index >= 15 is 0 Å². The van der Waals surface area contributed by atoms with Crippen LogP contribution >= 0.6 is 0 Å². The maximum atomic E-state index is 12.9. The topological polar surface area (TPSA) is 65.1 Å². The van der Waals surface area contributed by atoms with Crippen LogP contribution in [0.2, 0.25) is 0 Å². The number of halogens is 1. The van der Waals surface area contributed by atoms with Crippen LogP contribution in [0.25, 0.3) is 0 Å². The van der Waals surface area contributed by atoms with Crippen molar-refractivity contribution < 1.29 is 9.18 Å². The van der Waals surface area contributed by atoms with E-state index < -0.39 is 5.82 Å². The van der Waals surface area contributed by atoms with Crippen LogP contribution in [0.5, 0.6) is 0 Å². The van der Waals surface area contributed by atoms with Crippen molar-refractivity contribution in [3.05, 3.63) is 48.1 Å². The first kappa shape index (κ1) is 14.6. The second kappa shape index (κ2) is 6.23. The van der Waals surface area contributed by atoms with Gasteiger partial charge in [-0.1, -0.05) is 6.92 Å². The summed E-state index contributed by atoms with van der Waals surface area (Å²) in [6, 6.07) is 2.72. The first-order chi connectivity index (χ1) is 10.7. The third kappa shape index (κ3) is 2.85. The van der Waals surface area contributed by atoms with E-state index in [1.807, 2.05) is 0 Å². The Hall–Kier alpha value is -2.28. The largest absolute Gasteiger partial charge is 0.347 e. The maximum absolute atomic E-state index is 12.9. The number of hydrogen-bond donors (Lipinski definition) is 1. The number of nitrogens with zero attached hydrogens (tertiary/aromatic N) is 4. The zero-order chi connectivity index (χ0) is 15.5. The lowest BCUT2D eigenvalue weighted by Gasteiger charge is -2.39. The molecule has 1 atom stereocenters. The van der Waals surface area contributed by atoms with E-state index in [0.29, 0.717) is 13.1 Å². The van der Waals surface area contributed by atoms with E-state index in [9.17, 15) is 9.18 Å². The molecule has 0 radical (unpaired) electrons. The molecule has 22 heavy (non-hydrogen) atoms. The molecule has 1 aliphatic rings. The van der Waals surface area contributed by atoms with Gasteiger partial charge in [0, 0.05) is 32.0 Å². The van der Waals surface area contributed by atoms with Crippen LogP contribution in [-0.4, -0.2) is 56.8 Å². The van der Waals surface area contributed by atoms with Crippen LogP contribution < -0.4 is 0 Å². The predicted octanol–water partition coefficient (Wildman–Crippen LogP) is 1.46. The van der Waals surface area contributed by atoms with Crippen molar-refractivity contribution in [1.82, 2.24) is 24.8 Å². The summed E-state index contributed by atoms with van der Waals surface area (Å²) in [5.41, 5.74) is 0.268. The number of aromatic nitrogens is 3. The molecule has 1 N–H and O–H groups in total. The number of H-pyrrole nitrogens is 1. The Balaban J connectivity index is 1.78. The van der Waals surface area contributed by atoms with Gasteiger partial charge in [-0.15, -0.1) is 0 Å². The summed E-state index contributed by atoms with van der Waals surface area (Å²) >= 11 is 0. The molecular weight excluding hydrogens is 285 g/mol. The lowest BCUT2D eigenvalue weighted by atomic mass is 10.1. The maximum Gasteiger partial charge on any atom is 0.272 e. The molecule has 0 spiro atoms. The Bertz CT molecular complexity index is 628. The van der Waals surface area contributed by atoms with Gasteiger partial charge in [-0.2, -0.15) is 0 Å². The average molecular weight is 303 g/mol. The van der Waals surface area contributed by atoms with Gasteiger partial charge < -0.3 is 9.88 Å². The van der Waals surface area contributed by atoms with Crippen molar-refractivity contribution in [1.29, 1.82) is 0 Å². The zero-order valence-electron chi connectivity index (χ0n) is 12.4. The van der Waals surface area contributed by atoms with Gasteiger partial charge in [0.15, 0.2) is 0 Å². The number of likely N-dealkylation sites (N-methyl/N-ethyl adjacent to an activating group) is 1. The Morgan fingerprint density at radius 2 is 2.27 bits per heavy atom. The monoisotopic (exact) mass is 303 g/mol. The second-order valence-corrected chi connectivity index (χ2v) is 5.23. The molecule has 0 bridgehead atoms. The van der Waals surface area contributed by atoms with Gasteiger partial charge in [-0.05, 0) is 18.7 Å².